The molecule has 0 aromatic heterocycles. The number of halogens is 3. The van der Waals surface area contributed by atoms with Crippen molar-refractivity contribution in [2.75, 3.05) is 6.54 Å². The molecule has 136 valence electrons. The topological polar surface area (TPSA) is 72.5 Å². The fourth-order valence-corrected chi connectivity index (χ4v) is 2.33. The Bertz CT molecular complexity index is 840. The van der Waals surface area contributed by atoms with Gasteiger partial charge in [0.1, 0.15) is 12.4 Å². The van der Waals surface area contributed by atoms with Crippen LogP contribution in [-0.4, -0.2) is 30.3 Å². The first kappa shape index (κ1) is 19.9. The lowest BCUT2D eigenvalue weighted by molar-refractivity contribution is -0.145. The molecule has 0 aliphatic carbocycles. The molecule has 1 atom stereocenters. The first-order chi connectivity index (χ1) is 12.3. The molecule has 0 aliphatic heterocycles. The molecule has 0 aliphatic rings. The highest BCUT2D eigenvalue weighted by Crippen LogP contribution is 2.22. The number of benzene rings is 2. The molecule has 5 nitrogen and oxygen atoms in total. The molecule has 1 amide bonds. The number of amides is 1. The van der Waals surface area contributed by atoms with E-state index < -0.39 is 36.1 Å². The number of hydrogen-bond donors (Lipinski definition) is 1. The Morgan fingerprint density at radius 3 is 2.27 bits per heavy atom. The smallest absolute Gasteiger partial charge is 0.326 e. The van der Waals surface area contributed by atoms with Crippen molar-refractivity contribution in [2.45, 2.75) is 13.0 Å². The van der Waals surface area contributed by atoms with Gasteiger partial charge < -0.3 is 10.1 Å². The summed E-state index contributed by atoms with van der Waals surface area (Å²) in [5.41, 5.74) is 0.439. The number of carbonyl (C=O) groups is 3. The number of rotatable bonds is 6. The SMILES string of the molecule is C[C@H](OC(=O)CNC(=O)c1ccc(Cl)c(Cl)c1)C(=O)c1ccc(F)cc1. The normalized spacial score (nSPS) is 11.5. The minimum absolute atomic E-state index is 0.209. The number of ketones is 1. The van der Waals surface area contributed by atoms with Gasteiger partial charge in [-0.3, -0.25) is 14.4 Å². The van der Waals surface area contributed by atoms with Gasteiger partial charge >= 0.3 is 5.97 Å². The second-order valence-electron chi connectivity index (χ2n) is 5.31. The van der Waals surface area contributed by atoms with Crippen LogP contribution >= 0.6 is 23.2 Å². The number of hydrogen-bond acceptors (Lipinski definition) is 4. The van der Waals surface area contributed by atoms with Gasteiger partial charge in [-0.05, 0) is 49.4 Å². The predicted octanol–water partition coefficient (Wildman–Crippen LogP) is 3.68. The molecule has 0 unspecified atom stereocenters. The molecule has 1 N–H and O–H groups in total. The summed E-state index contributed by atoms with van der Waals surface area (Å²) >= 11 is 11.6. The first-order valence-corrected chi connectivity index (χ1v) is 8.26. The quantitative estimate of drug-likeness (QED) is 0.595. The van der Waals surface area contributed by atoms with Crippen molar-refractivity contribution >= 4 is 40.9 Å². The molecule has 0 spiro atoms. The highest BCUT2D eigenvalue weighted by atomic mass is 35.5. The monoisotopic (exact) mass is 397 g/mol. The first-order valence-electron chi connectivity index (χ1n) is 7.50. The largest absolute Gasteiger partial charge is 0.453 e. The summed E-state index contributed by atoms with van der Waals surface area (Å²) in [7, 11) is 0. The molecule has 0 radical (unpaired) electrons. The second-order valence-corrected chi connectivity index (χ2v) is 6.13. The van der Waals surface area contributed by atoms with E-state index in [0.29, 0.717) is 5.02 Å². The molecule has 8 heteroatoms. The molecule has 0 saturated carbocycles. The molecule has 2 aromatic carbocycles. The summed E-state index contributed by atoms with van der Waals surface area (Å²) in [6, 6.07) is 9.15. The summed E-state index contributed by atoms with van der Waals surface area (Å²) in [4.78, 5) is 35.9. The average Bonchev–Trinajstić information content (AvgIpc) is 2.62. The van der Waals surface area contributed by atoms with Crippen LogP contribution in [0.1, 0.15) is 27.6 Å². The zero-order valence-electron chi connectivity index (χ0n) is 13.6. The van der Waals surface area contributed by atoms with Gasteiger partial charge in [-0.25, -0.2) is 4.39 Å². The molecule has 26 heavy (non-hydrogen) atoms. The average molecular weight is 398 g/mol. The van der Waals surface area contributed by atoms with Crippen LogP contribution in [0, 0.1) is 5.82 Å². The van der Waals surface area contributed by atoms with E-state index in [9.17, 15) is 18.8 Å². The lowest BCUT2D eigenvalue weighted by Crippen LogP contribution is -2.34. The number of carbonyl (C=O) groups excluding carboxylic acids is 3. The lowest BCUT2D eigenvalue weighted by Gasteiger charge is -2.13. The third-order valence-electron chi connectivity index (χ3n) is 3.38. The van der Waals surface area contributed by atoms with Crippen LogP contribution in [-0.2, 0) is 9.53 Å². The molecule has 2 aromatic rings. The lowest BCUT2D eigenvalue weighted by atomic mass is 10.1. The molecular weight excluding hydrogens is 384 g/mol. The fourth-order valence-electron chi connectivity index (χ4n) is 2.03. The van der Waals surface area contributed by atoms with Crippen LogP contribution in [0.15, 0.2) is 42.5 Å². The van der Waals surface area contributed by atoms with Crippen LogP contribution in [0.25, 0.3) is 0 Å². The summed E-state index contributed by atoms with van der Waals surface area (Å²) in [6.45, 7) is 0.963. The van der Waals surface area contributed by atoms with E-state index in [2.05, 4.69) is 5.32 Å². The Hall–Kier alpha value is -2.44. The zero-order chi connectivity index (χ0) is 19.3. The fraction of sp³-hybridized carbons (Fsp3) is 0.167. The van der Waals surface area contributed by atoms with Crippen molar-refractivity contribution in [1.29, 1.82) is 0 Å². The predicted molar refractivity (Wildman–Crippen MR) is 95.1 cm³/mol. The Kier molecular flexibility index (Phi) is 6.71. The number of ether oxygens (including phenoxy) is 1. The summed E-state index contributed by atoms with van der Waals surface area (Å²) in [6.07, 6.45) is -1.07. The van der Waals surface area contributed by atoms with E-state index in [1.54, 1.807) is 0 Å². The van der Waals surface area contributed by atoms with E-state index in [1.807, 2.05) is 0 Å². The van der Waals surface area contributed by atoms with Crippen LogP contribution in [0.2, 0.25) is 10.0 Å². The maximum Gasteiger partial charge on any atom is 0.326 e. The molecule has 0 fully saturated rings. The van der Waals surface area contributed by atoms with Gasteiger partial charge in [-0.15, -0.1) is 0 Å². The maximum absolute atomic E-state index is 12.9. The van der Waals surface area contributed by atoms with Gasteiger partial charge in [0, 0.05) is 11.1 Å². The summed E-state index contributed by atoms with van der Waals surface area (Å²) < 4.78 is 17.9. The van der Waals surface area contributed by atoms with Crippen LogP contribution < -0.4 is 5.32 Å². The third kappa shape index (κ3) is 5.28. The number of nitrogens with one attached hydrogen (secondary N) is 1. The Balaban J connectivity index is 1.87. The van der Waals surface area contributed by atoms with Crippen molar-refractivity contribution in [3.05, 3.63) is 69.5 Å². The van der Waals surface area contributed by atoms with Crippen molar-refractivity contribution in [1.82, 2.24) is 5.32 Å². The second kappa shape index (κ2) is 8.78. The highest BCUT2D eigenvalue weighted by molar-refractivity contribution is 6.42. The summed E-state index contributed by atoms with van der Waals surface area (Å²) in [5, 5.41) is 2.87. The third-order valence-corrected chi connectivity index (χ3v) is 4.12. The van der Waals surface area contributed by atoms with E-state index in [4.69, 9.17) is 27.9 Å². The molecule has 0 heterocycles. The van der Waals surface area contributed by atoms with Gasteiger partial charge in [0.25, 0.3) is 5.91 Å². The van der Waals surface area contributed by atoms with E-state index in [1.165, 1.54) is 37.3 Å². The van der Waals surface area contributed by atoms with Gasteiger partial charge in [0.05, 0.1) is 10.0 Å². The van der Waals surface area contributed by atoms with E-state index in [0.717, 1.165) is 12.1 Å². The van der Waals surface area contributed by atoms with Crippen LogP contribution in [0.5, 0.6) is 0 Å². The Morgan fingerprint density at radius 2 is 1.65 bits per heavy atom. The molecular formula is C18H14Cl2FNO4. The van der Waals surface area contributed by atoms with Crippen molar-refractivity contribution in [3.63, 3.8) is 0 Å². The van der Waals surface area contributed by atoms with Gasteiger partial charge in [0.15, 0.2) is 6.10 Å². The van der Waals surface area contributed by atoms with E-state index in [-0.39, 0.29) is 16.1 Å². The van der Waals surface area contributed by atoms with E-state index >= 15 is 0 Å². The summed E-state index contributed by atoms with van der Waals surface area (Å²) in [5.74, 6) is -2.29. The molecule has 2 rings (SSSR count). The standard InChI is InChI=1S/C18H14Cl2FNO4/c1-10(17(24)11-2-5-13(21)6-3-11)26-16(23)9-22-18(25)12-4-7-14(19)15(20)8-12/h2-8,10H,9H2,1H3,(H,22,25)/t10-/m0/s1. The zero-order valence-corrected chi connectivity index (χ0v) is 15.1. The molecule has 0 saturated heterocycles. The van der Waals surface area contributed by atoms with Crippen molar-refractivity contribution in [2.24, 2.45) is 0 Å². The minimum Gasteiger partial charge on any atom is -0.453 e. The number of esters is 1. The van der Waals surface area contributed by atoms with Crippen molar-refractivity contribution < 1.29 is 23.5 Å². The number of Topliss-reactive ketones (excluding diaryl/α,β-unsaturated/α-hetero) is 1. The Labute approximate surface area is 159 Å². The van der Waals surface area contributed by atoms with Crippen LogP contribution in [0.4, 0.5) is 4.39 Å². The Morgan fingerprint density at radius 1 is 1.04 bits per heavy atom. The van der Waals surface area contributed by atoms with Gasteiger partial charge in [-0.2, -0.15) is 0 Å². The maximum atomic E-state index is 12.9. The van der Waals surface area contributed by atoms with Crippen LogP contribution in [0.3, 0.4) is 0 Å². The van der Waals surface area contributed by atoms with Gasteiger partial charge in [-0.1, -0.05) is 23.2 Å². The highest BCUT2D eigenvalue weighted by Gasteiger charge is 2.20. The van der Waals surface area contributed by atoms with Gasteiger partial charge in [0.2, 0.25) is 5.78 Å². The minimum atomic E-state index is -1.07. The molecule has 0 bridgehead atoms. The van der Waals surface area contributed by atoms with Crippen molar-refractivity contribution in [3.8, 4) is 0 Å².